The van der Waals surface area contributed by atoms with E-state index in [4.69, 9.17) is 29.6 Å². The van der Waals surface area contributed by atoms with Crippen LogP contribution in [0, 0.1) is 0 Å². The lowest BCUT2D eigenvalue weighted by Crippen LogP contribution is -2.27. The number of hydrogen-bond acceptors (Lipinski definition) is 9. The van der Waals surface area contributed by atoms with Gasteiger partial charge in [-0.2, -0.15) is 0 Å². The summed E-state index contributed by atoms with van der Waals surface area (Å²) in [5.74, 6) is -2.68. The summed E-state index contributed by atoms with van der Waals surface area (Å²) in [7, 11) is 2.47. The monoisotopic (exact) mass is 358 g/mol. The minimum atomic E-state index is -1.39. The Morgan fingerprint density at radius 3 is 1.92 bits per heavy atom. The summed E-state index contributed by atoms with van der Waals surface area (Å²) >= 11 is 0. The SMILES string of the molecule is CC(=O)O.COC(=O)C(O)CO.COC(=O)C1COC(C)(C)O1.O. The number of carbonyl (C=O) groups is 3. The molecule has 24 heavy (non-hydrogen) atoms. The standard InChI is InChI=1S/C7H12O4.C4H8O4.C2H4O2.H2O/c1-7(2)10-4-5(11-7)6(8)9-3;1-8-4(7)3(6)2-5;1-2(3)4;/h5H,4H2,1-3H3;3,5-6H,2H2,1H3;1H3,(H,3,4);1H2. The number of methoxy groups -OCH3 is 2. The normalized spacial score (nSPS) is 18.4. The van der Waals surface area contributed by atoms with Crippen LogP contribution in [0.5, 0.6) is 0 Å². The summed E-state index contributed by atoms with van der Waals surface area (Å²) in [6.45, 7) is 4.29. The lowest BCUT2D eigenvalue weighted by Gasteiger charge is -2.15. The fourth-order valence-electron chi connectivity index (χ4n) is 1.15. The van der Waals surface area contributed by atoms with Crippen molar-refractivity contribution in [2.45, 2.75) is 38.8 Å². The van der Waals surface area contributed by atoms with Gasteiger partial charge < -0.3 is 39.7 Å². The van der Waals surface area contributed by atoms with Gasteiger partial charge in [-0.15, -0.1) is 0 Å². The second kappa shape index (κ2) is 13.6. The third kappa shape index (κ3) is 13.8. The van der Waals surface area contributed by atoms with Gasteiger partial charge in [0.05, 0.1) is 27.4 Å². The topological polar surface area (TPSA) is 180 Å². The van der Waals surface area contributed by atoms with E-state index in [1.165, 1.54) is 7.11 Å². The van der Waals surface area contributed by atoms with Crippen LogP contribution < -0.4 is 0 Å². The van der Waals surface area contributed by atoms with Gasteiger partial charge in [-0.1, -0.05) is 0 Å². The lowest BCUT2D eigenvalue weighted by molar-refractivity contribution is -0.167. The summed E-state index contributed by atoms with van der Waals surface area (Å²) in [6.07, 6.45) is -1.95. The predicted molar refractivity (Wildman–Crippen MR) is 79.0 cm³/mol. The van der Waals surface area contributed by atoms with Gasteiger partial charge in [-0.25, -0.2) is 9.59 Å². The van der Waals surface area contributed by atoms with E-state index in [-0.39, 0.29) is 18.1 Å². The number of carbonyl (C=O) groups excluding carboxylic acids is 2. The van der Waals surface area contributed by atoms with Crippen LogP contribution in [0.25, 0.3) is 0 Å². The van der Waals surface area contributed by atoms with Crippen molar-refractivity contribution in [1.29, 1.82) is 0 Å². The molecule has 0 spiro atoms. The van der Waals surface area contributed by atoms with Gasteiger partial charge in [0.15, 0.2) is 18.0 Å². The Kier molecular flexibility index (Phi) is 15.4. The van der Waals surface area contributed by atoms with Gasteiger partial charge >= 0.3 is 11.9 Å². The van der Waals surface area contributed by atoms with E-state index in [1.807, 2.05) is 0 Å². The molecule has 2 unspecified atom stereocenters. The molecule has 0 aromatic carbocycles. The Balaban J connectivity index is -0.000000301. The molecule has 0 amide bonds. The van der Waals surface area contributed by atoms with Crippen LogP contribution in [0.3, 0.4) is 0 Å². The van der Waals surface area contributed by atoms with Gasteiger partial charge in [-0.3, -0.25) is 4.79 Å². The van der Waals surface area contributed by atoms with Crippen LogP contribution in [0.4, 0.5) is 0 Å². The van der Waals surface area contributed by atoms with Gasteiger partial charge in [0.2, 0.25) is 0 Å². The number of ether oxygens (including phenoxy) is 4. The highest BCUT2D eigenvalue weighted by molar-refractivity contribution is 5.75. The highest BCUT2D eigenvalue weighted by Gasteiger charge is 2.37. The molecule has 0 radical (unpaired) electrons. The average Bonchev–Trinajstić information content (AvgIpc) is 2.85. The Morgan fingerprint density at radius 2 is 1.71 bits per heavy atom. The summed E-state index contributed by atoms with van der Waals surface area (Å²) in [6, 6.07) is 0. The zero-order chi connectivity index (χ0) is 18.6. The number of aliphatic carboxylic acids is 1. The molecular weight excluding hydrogens is 332 g/mol. The molecule has 11 nitrogen and oxygen atoms in total. The average molecular weight is 358 g/mol. The van der Waals surface area contributed by atoms with Crippen molar-refractivity contribution in [3.05, 3.63) is 0 Å². The molecule has 1 heterocycles. The first kappa shape index (κ1) is 27.1. The molecule has 0 aromatic rings. The number of carboxylic acids is 1. The van der Waals surface area contributed by atoms with Gasteiger partial charge in [0.25, 0.3) is 5.97 Å². The zero-order valence-electron chi connectivity index (χ0n) is 14.3. The van der Waals surface area contributed by atoms with E-state index in [9.17, 15) is 9.59 Å². The second-order valence-corrected chi connectivity index (χ2v) is 4.58. The van der Waals surface area contributed by atoms with Crippen molar-refractivity contribution in [1.82, 2.24) is 0 Å². The van der Waals surface area contributed by atoms with Crippen molar-refractivity contribution in [3.63, 3.8) is 0 Å². The first-order valence-corrected chi connectivity index (χ1v) is 6.46. The zero-order valence-corrected chi connectivity index (χ0v) is 14.3. The maximum Gasteiger partial charge on any atom is 0.337 e. The summed E-state index contributed by atoms with van der Waals surface area (Å²) in [5.41, 5.74) is 0. The van der Waals surface area contributed by atoms with E-state index in [1.54, 1.807) is 13.8 Å². The number of aliphatic hydroxyl groups is 2. The van der Waals surface area contributed by atoms with E-state index >= 15 is 0 Å². The molecule has 0 bridgehead atoms. The van der Waals surface area contributed by atoms with E-state index in [0.717, 1.165) is 14.0 Å². The van der Waals surface area contributed by atoms with Crippen molar-refractivity contribution in [3.8, 4) is 0 Å². The van der Waals surface area contributed by atoms with Crippen LogP contribution in [-0.2, 0) is 33.3 Å². The number of rotatable bonds is 3. The quantitative estimate of drug-likeness (QED) is 0.481. The lowest BCUT2D eigenvalue weighted by atomic mass is 10.4. The second-order valence-electron chi connectivity index (χ2n) is 4.58. The molecule has 0 aliphatic carbocycles. The molecule has 0 aromatic heterocycles. The highest BCUT2D eigenvalue weighted by atomic mass is 16.8. The Morgan fingerprint density at radius 1 is 1.25 bits per heavy atom. The summed E-state index contributed by atoms with van der Waals surface area (Å²) in [4.78, 5) is 30.0. The van der Waals surface area contributed by atoms with Crippen LogP contribution in [0.2, 0.25) is 0 Å². The summed E-state index contributed by atoms with van der Waals surface area (Å²) < 4.78 is 18.9. The number of aliphatic hydroxyl groups excluding tert-OH is 2. The number of carboxylic acid groups (broad SMARTS) is 1. The fourth-order valence-corrected chi connectivity index (χ4v) is 1.15. The van der Waals surface area contributed by atoms with E-state index < -0.39 is 36.5 Å². The molecule has 1 rings (SSSR count). The smallest absolute Gasteiger partial charge is 0.337 e. The predicted octanol–water partition coefficient (Wildman–Crippen LogP) is -1.91. The van der Waals surface area contributed by atoms with Crippen molar-refractivity contribution < 1.29 is 54.1 Å². The Labute approximate surface area is 139 Å². The maximum absolute atomic E-state index is 10.9. The first-order valence-electron chi connectivity index (χ1n) is 6.46. The minimum Gasteiger partial charge on any atom is -0.481 e. The molecule has 0 saturated carbocycles. The highest BCUT2D eigenvalue weighted by Crippen LogP contribution is 2.22. The number of esters is 2. The first-order chi connectivity index (χ1) is 10.5. The Hall–Kier alpha value is -1.79. The maximum atomic E-state index is 10.9. The van der Waals surface area contributed by atoms with Crippen molar-refractivity contribution in [2.24, 2.45) is 0 Å². The summed E-state index contributed by atoms with van der Waals surface area (Å²) in [5, 5.41) is 23.9. The fraction of sp³-hybridized carbons (Fsp3) is 0.769. The Bertz CT molecular complexity index is 376. The molecule has 1 saturated heterocycles. The number of hydrogen-bond donors (Lipinski definition) is 3. The van der Waals surface area contributed by atoms with Crippen LogP contribution in [-0.4, -0.2) is 84.1 Å². The third-order valence-corrected chi connectivity index (χ3v) is 2.12. The molecule has 1 aliphatic heterocycles. The minimum absolute atomic E-state index is 0. The molecule has 1 aliphatic rings. The molecule has 144 valence electrons. The molecular formula is C13H26O11. The molecule has 11 heteroatoms. The third-order valence-electron chi connectivity index (χ3n) is 2.12. The van der Waals surface area contributed by atoms with Gasteiger partial charge in [0.1, 0.15) is 0 Å². The van der Waals surface area contributed by atoms with E-state index in [2.05, 4.69) is 9.47 Å². The van der Waals surface area contributed by atoms with Gasteiger partial charge in [0, 0.05) is 6.92 Å². The largest absolute Gasteiger partial charge is 0.481 e. The van der Waals surface area contributed by atoms with E-state index in [0.29, 0.717) is 0 Å². The molecule has 5 N–H and O–H groups in total. The van der Waals surface area contributed by atoms with Crippen LogP contribution in [0.1, 0.15) is 20.8 Å². The van der Waals surface area contributed by atoms with Crippen LogP contribution >= 0.6 is 0 Å². The van der Waals surface area contributed by atoms with Crippen molar-refractivity contribution >= 4 is 17.9 Å². The molecule has 1 fully saturated rings. The van der Waals surface area contributed by atoms with Crippen molar-refractivity contribution in [2.75, 3.05) is 27.4 Å². The van der Waals surface area contributed by atoms with Crippen LogP contribution in [0.15, 0.2) is 0 Å². The van der Waals surface area contributed by atoms with Gasteiger partial charge in [-0.05, 0) is 13.8 Å². The molecule has 2 atom stereocenters.